The van der Waals surface area contributed by atoms with E-state index in [4.69, 9.17) is 0 Å². The van der Waals surface area contributed by atoms with E-state index in [1.54, 1.807) is 0 Å². The Balaban J connectivity index is 1.92. The molecular weight excluding hydrogens is 222 g/mol. The lowest BCUT2D eigenvalue weighted by atomic mass is 10.0. The molecule has 0 unspecified atom stereocenters. The number of rotatable bonds is 4. The van der Waals surface area contributed by atoms with Crippen LogP contribution < -0.4 is 10.2 Å². The van der Waals surface area contributed by atoms with E-state index in [0.29, 0.717) is 0 Å². The topological polar surface area (TPSA) is 18.5 Å². The molecule has 18 heavy (non-hydrogen) atoms. The molecule has 1 aliphatic rings. The summed E-state index contributed by atoms with van der Waals surface area (Å²) < 4.78 is 0. The molecule has 3 nitrogen and oxygen atoms in total. The van der Waals surface area contributed by atoms with Crippen LogP contribution in [-0.4, -0.2) is 50.2 Å². The van der Waals surface area contributed by atoms with Gasteiger partial charge in [0.25, 0.3) is 0 Å². The predicted molar refractivity (Wildman–Crippen MR) is 78.2 cm³/mol. The van der Waals surface area contributed by atoms with Crippen molar-refractivity contribution in [2.75, 3.05) is 44.7 Å². The number of nitrogens with one attached hydrogen (secondary N) is 1. The largest absolute Gasteiger partial charge is 0.369 e. The highest BCUT2D eigenvalue weighted by Gasteiger charge is 2.29. The lowest BCUT2D eigenvalue weighted by Crippen LogP contribution is -2.57. The minimum Gasteiger partial charge on any atom is -0.369 e. The van der Waals surface area contributed by atoms with E-state index in [9.17, 15) is 0 Å². The van der Waals surface area contributed by atoms with Gasteiger partial charge in [0.15, 0.2) is 0 Å². The summed E-state index contributed by atoms with van der Waals surface area (Å²) in [5.41, 5.74) is 1.60. The Kier molecular flexibility index (Phi) is 4.25. The third-order valence-electron chi connectivity index (χ3n) is 3.87. The summed E-state index contributed by atoms with van der Waals surface area (Å²) in [6.45, 7) is 10.2. The quantitative estimate of drug-likeness (QED) is 0.875. The van der Waals surface area contributed by atoms with Gasteiger partial charge in [0.2, 0.25) is 0 Å². The van der Waals surface area contributed by atoms with E-state index in [1.165, 1.54) is 5.69 Å². The zero-order valence-corrected chi connectivity index (χ0v) is 11.8. The smallest absolute Gasteiger partial charge is 0.0367 e. The normalized spacial score (nSPS) is 18.1. The van der Waals surface area contributed by atoms with Crippen molar-refractivity contribution in [3.63, 3.8) is 0 Å². The van der Waals surface area contributed by atoms with E-state index >= 15 is 0 Å². The molecule has 0 radical (unpaired) electrons. The first-order valence-electron chi connectivity index (χ1n) is 6.83. The van der Waals surface area contributed by atoms with Crippen LogP contribution in [0.4, 0.5) is 5.69 Å². The number of piperazine rings is 1. The van der Waals surface area contributed by atoms with Crippen LogP contribution in [0.5, 0.6) is 0 Å². The van der Waals surface area contributed by atoms with Crippen LogP contribution in [0.25, 0.3) is 0 Å². The van der Waals surface area contributed by atoms with Gasteiger partial charge >= 0.3 is 0 Å². The molecule has 0 atom stereocenters. The Morgan fingerprint density at radius 2 is 1.67 bits per heavy atom. The maximum Gasteiger partial charge on any atom is 0.0367 e. The lowest BCUT2D eigenvalue weighted by molar-refractivity contribution is 0.112. The minimum absolute atomic E-state index is 0.248. The molecular formula is C15H25N3. The highest BCUT2D eigenvalue weighted by atomic mass is 15.3. The second-order valence-electron chi connectivity index (χ2n) is 5.65. The summed E-state index contributed by atoms with van der Waals surface area (Å²) in [5, 5.41) is 3.29. The van der Waals surface area contributed by atoms with Crippen LogP contribution >= 0.6 is 0 Å². The van der Waals surface area contributed by atoms with Gasteiger partial charge in [-0.25, -0.2) is 0 Å². The first-order chi connectivity index (χ1) is 8.63. The van der Waals surface area contributed by atoms with Crippen molar-refractivity contribution < 1.29 is 0 Å². The summed E-state index contributed by atoms with van der Waals surface area (Å²) >= 11 is 0. The van der Waals surface area contributed by atoms with Gasteiger partial charge in [0, 0.05) is 44.0 Å². The average Bonchev–Trinajstić information content (AvgIpc) is 2.40. The van der Waals surface area contributed by atoms with Crippen LogP contribution in [0.1, 0.15) is 13.8 Å². The fourth-order valence-electron chi connectivity index (χ4n) is 2.75. The molecule has 0 amide bonds. The van der Waals surface area contributed by atoms with Gasteiger partial charge in [-0.2, -0.15) is 0 Å². The zero-order valence-electron chi connectivity index (χ0n) is 11.8. The van der Waals surface area contributed by atoms with Crippen molar-refractivity contribution in [2.45, 2.75) is 19.4 Å². The maximum atomic E-state index is 3.29. The van der Waals surface area contributed by atoms with Crippen LogP contribution in [0.15, 0.2) is 30.3 Å². The Morgan fingerprint density at radius 3 is 2.22 bits per heavy atom. The molecule has 0 bridgehead atoms. The molecule has 2 rings (SSSR count). The van der Waals surface area contributed by atoms with Crippen molar-refractivity contribution in [3.05, 3.63) is 30.3 Å². The van der Waals surface area contributed by atoms with Gasteiger partial charge in [-0.05, 0) is 33.0 Å². The number of nitrogens with zero attached hydrogens (tertiary/aromatic N) is 2. The lowest BCUT2D eigenvalue weighted by Gasteiger charge is -2.44. The molecule has 1 N–H and O–H groups in total. The van der Waals surface area contributed by atoms with Crippen LogP contribution in [0, 0.1) is 0 Å². The van der Waals surface area contributed by atoms with E-state index in [0.717, 1.165) is 32.7 Å². The average molecular weight is 247 g/mol. The minimum atomic E-state index is 0.248. The Bertz CT molecular complexity index is 353. The number of anilines is 1. The molecule has 100 valence electrons. The molecule has 3 heteroatoms. The number of benzene rings is 1. The molecule has 1 aliphatic heterocycles. The highest BCUT2D eigenvalue weighted by molar-refractivity contribution is 5.46. The SMILES string of the molecule is CNCC(C)(C)N1CCN(c2ccccc2)CC1. The van der Waals surface area contributed by atoms with Crippen molar-refractivity contribution in [2.24, 2.45) is 0 Å². The Hall–Kier alpha value is -1.06. The summed E-state index contributed by atoms with van der Waals surface area (Å²) in [5.74, 6) is 0. The zero-order chi connectivity index (χ0) is 13.0. The molecule has 0 aliphatic carbocycles. The first kappa shape index (κ1) is 13.4. The molecule has 1 fully saturated rings. The van der Waals surface area contributed by atoms with Crippen molar-refractivity contribution in [1.29, 1.82) is 0 Å². The Morgan fingerprint density at radius 1 is 1.06 bits per heavy atom. The standard InChI is InChI=1S/C15H25N3/c1-15(2,13-16-3)18-11-9-17(10-12-18)14-7-5-4-6-8-14/h4-8,16H,9-13H2,1-3H3. The molecule has 1 aromatic carbocycles. The van der Waals surface area contributed by atoms with E-state index in [2.05, 4.69) is 59.3 Å². The highest BCUT2D eigenvalue weighted by Crippen LogP contribution is 2.20. The molecule has 1 aromatic rings. The summed E-state index contributed by atoms with van der Waals surface area (Å²) in [6.07, 6.45) is 0. The second kappa shape index (κ2) is 5.72. The van der Waals surface area contributed by atoms with Gasteiger partial charge < -0.3 is 10.2 Å². The monoisotopic (exact) mass is 247 g/mol. The summed E-state index contributed by atoms with van der Waals surface area (Å²) in [6, 6.07) is 10.7. The number of likely N-dealkylation sites (N-methyl/N-ethyl adjacent to an activating group) is 1. The van der Waals surface area contributed by atoms with Crippen molar-refractivity contribution in [3.8, 4) is 0 Å². The predicted octanol–water partition coefficient (Wildman–Crippen LogP) is 1.81. The number of hydrogen-bond donors (Lipinski definition) is 1. The third-order valence-corrected chi connectivity index (χ3v) is 3.87. The van der Waals surface area contributed by atoms with Gasteiger partial charge in [0.05, 0.1) is 0 Å². The van der Waals surface area contributed by atoms with Crippen LogP contribution in [0.2, 0.25) is 0 Å². The van der Waals surface area contributed by atoms with E-state index in [-0.39, 0.29) is 5.54 Å². The van der Waals surface area contributed by atoms with Gasteiger partial charge in [-0.1, -0.05) is 18.2 Å². The molecule has 1 saturated heterocycles. The van der Waals surface area contributed by atoms with E-state index in [1.807, 2.05) is 7.05 Å². The van der Waals surface area contributed by atoms with E-state index < -0.39 is 0 Å². The molecule has 0 spiro atoms. The van der Waals surface area contributed by atoms with Crippen LogP contribution in [-0.2, 0) is 0 Å². The molecule has 0 saturated carbocycles. The number of hydrogen-bond acceptors (Lipinski definition) is 3. The summed E-state index contributed by atoms with van der Waals surface area (Å²) in [4.78, 5) is 5.06. The number of para-hydroxylation sites is 1. The van der Waals surface area contributed by atoms with Gasteiger partial charge in [0.1, 0.15) is 0 Å². The first-order valence-corrected chi connectivity index (χ1v) is 6.83. The molecule has 0 aromatic heterocycles. The fraction of sp³-hybridized carbons (Fsp3) is 0.600. The van der Waals surface area contributed by atoms with Gasteiger partial charge in [-0.3, -0.25) is 4.90 Å². The molecule has 1 heterocycles. The Labute approximate surface area is 111 Å². The van der Waals surface area contributed by atoms with Crippen molar-refractivity contribution >= 4 is 5.69 Å². The van der Waals surface area contributed by atoms with Crippen LogP contribution in [0.3, 0.4) is 0 Å². The third kappa shape index (κ3) is 3.03. The fourth-order valence-corrected chi connectivity index (χ4v) is 2.75. The van der Waals surface area contributed by atoms with Gasteiger partial charge in [-0.15, -0.1) is 0 Å². The second-order valence-corrected chi connectivity index (χ2v) is 5.65. The maximum absolute atomic E-state index is 3.29. The van der Waals surface area contributed by atoms with Crippen molar-refractivity contribution in [1.82, 2.24) is 10.2 Å². The summed E-state index contributed by atoms with van der Waals surface area (Å²) in [7, 11) is 2.03.